The largest absolute Gasteiger partial charge is 0.493 e. The number of ether oxygens (including phenoxy) is 4. The number of rotatable bonds is 9. The van der Waals surface area contributed by atoms with E-state index >= 15 is 0 Å². The van der Waals surface area contributed by atoms with Crippen LogP contribution in [0.15, 0.2) is 41.5 Å². The molecule has 2 N–H and O–H groups in total. The molecule has 0 radical (unpaired) electrons. The second-order valence-corrected chi connectivity index (χ2v) is 6.06. The molecule has 2 rings (SSSR count). The second kappa shape index (κ2) is 11.0. The third kappa shape index (κ3) is 6.02. The van der Waals surface area contributed by atoms with E-state index in [0.717, 1.165) is 17.7 Å². The SMILES string of the molecule is CCCOc1cc(/C=N\NC(=S)Nc2ccc(OC)c(OC)c2)ccc1OC. The highest BCUT2D eigenvalue weighted by molar-refractivity contribution is 7.80. The third-order valence-corrected chi connectivity index (χ3v) is 3.86. The van der Waals surface area contributed by atoms with E-state index in [4.69, 9.17) is 31.2 Å². The van der Waals surface area contributed by atoms with Gasteiger partial charge in [-0.1, -0.05) is 6.92 Å². The Morgan fingerprint density at radius 2 is 1.64 bits per heavy atom. The number of hydrogen-bond acceptors (Lipinski definition) is 6. The van der Waals surface area contributed by atoms with E-state index in [2.05, 4.69) is 15.8 Å². The van der Waals surface area contributed by atoms with Crippen LogP contribution in [0.1, 0.15) is 18.9 Å². The van der Waals surface area contributed by atoms with Gasteiger partial charge in [-0.3, -0.25) is 5.43 Å². The summed E-state index contributed by atoms with van der Waals surface area (Å²) in [5.74, 6) is 2.62. The van der Waals surface area contributed by atoms with Gasteiger partial charge in [0, 0.05) is 11.8 Å². The van der Waals surface area contributed by atoms with Gasteiger partial charge in [0.15, 0.2) is 28.1 Å². The number of benzene rings is 2. The Hall–Kier alpha value is -3.00. The fourth-order valence-corrected chi connectivity index (χ4v) is 2.51. The summed E-state index contributed by atoms with van der Waals surface area (Å²) in [7, 11) is 4.78. The van der Waals surface area contributed by atoms with Crippen LogP contribution < -0.4 is 29.7 Å². The summed E-state index contributed by atoms with van der Waals surface area (Å²) in [5.41, 5.74) is 4.39. The van der Waals surface area contributed by atoms with Crippen molar-refractivity contribution in [2.45, 2.75) is 13.3 Å². The van der Waals surface area contributed by atoms with Gasteiger partial charge in [0.25, 0.3) is 0 Å². The minimum absolute atomic E-state index is 0.347. The number of nitrogens with zero attached hydrogens (tertiary/aromatic N) is 1. The maximum Gasteiger partial charge on any atom is 0.191 e. The standard InChI is InChI=1S/C20H25N3O4S/c1-5-10-27-19-11-14(6-8-17(19)25-3)13-21-23-20(28)22-15-7-9-16(24-2)18(12-15)26-4/h6-9,11-13H,5,10H2,1-4H3,(H2,22,23,28)/b21-13-. The molecular weight excluding hydrogens is 378 g/mol. The van der Waals surface area contributed by atoms with Crippen molar-refractivity contribution in [1.82, 2.24) is 5.43 Å². The summed E-state index contributed by atoms with van der Waals surface area (Å²) in [6.45, 7) is 2.67. The minimum atomic E-state index is 0.347. The number of thiocarbonyl (C=S) groups is 1. The van der Waals surface area contributed by atoms with Gasteiger partial charge in [0.2, 0.25) is 0 Å². The van der Waals surface area contributed by atoms with Crippen LogP contribution in [0.4, 0.5) is 5.69 Å². The Morgan fingerprint density at radius 3 is 2.32 bits per heavy atom. The minimum Gasteiger partial charge on any atom is -0.493 e. The first-order valence-corrected chi connectivity index (χ1v) is 9.15. The van der Waals surface area contributed by atoms with E-state index in [9.17, 15) is 0 Å². The van der Waals surface area contributed by atoms with Gasteiger partial charge in [-0.25, -0.2) is 0 Å². The predicted octanol–water partition coefficient (Wildman–Crippen LogP) is 3.82. The molecule has 8 heteroatoms. The van der Waals surface area contributed by atoms with Crippen molar-refractivity contribution in [2.24, 2.45) is 5.10 Å². The molecule has 28 heavy (non-hydrogen) atoms. The molecule has 0 amide bonds. The molecule has 0 unspecified atom stereocenters. The Bertz CT molecular complexity index is 827. The first-order chi connectivity index (χ1) is 13.6. The monoisotopic (exact) mass is 403 g/mol. The van der Waals surface area contributed by atoms with Crippen LogP contribution >= 0.6 is 12.2 Å². The number of nitrogens with one attached hydrogen (secondary N) is 2. The molecular formula is C20H25N3O4S. The summed E-state index contributed by atoms with van der Waals surface area (Å²) in [4.78, 5) is 0. The van der Waals surface area contributed by atoms with Crippen molar-refractivity contribution >= 4 is 29.2 Å². The lowest BCUT2D eigenvalue weighted by molar-refractivity contribution is 0.294. The summed E-state index contributed by atoms with van der Waals surface area (Å²) < 4.78 is 21.5. The zero-order chi connectivity index (χ0) is 20.4. The fourth-order valence-electron chi connectivity index (χ4n) is 2.34. The number of anilines is 1. The van der Waals surface area contributed by atoms with Crippen molar-refractivity contribution in [1.29, 1.82) is 0 Å². The molecule has 0 saturated carbocycles. The van der Waals surface area contributed by atoms with Crippen molar-refractivity contribution in [3.05, 3.63) is 42.0 Å². The van der Waals surface area contributed by atoms with E-state index in [1.807, 2.05) is 31.2 Å². The quantitative estimate of drug-likeness (QED) is 0.375. The zero-order valence-corrected chi connectivity index (χ0v) is 17.3. The van der Waals surface area contributed by atoms with E-state index in [1.165, 1.54) is 0 Å². The van der Waals surface area contributed by atoms with Crippen molar-refractivity contribution in [3.63, 3.8) is 0 Å². The number of hydrazone groups is 1. The maximum absolute atomic E-state index is 5.70. The topological polar surface area (TPSA) is 73.3 Å². The lowest BCUT2D eigenvalue weighted by Crippen LogP contribution is -2.23. The molecule has 7 nitrogen and oxygen atoms in total. The molecule has 0 heterocycles. The van der Waals surface area contributed by atoms with Gasteiger partial charge in [0.1, 0.15) is 0 Å². The molecule has 0 aliphatic carbocycles. The van der Waals surface area contributed by atoms with E-state index in [0.29, 0.717) is 34.7 Å². The normalized spacial score (nSPS) is 10.4. The molecule has 0 fully saturated rings. The van der Waals surface area contributed by atoms with Gasteiger partial charge in [0.05, 0.1) is 34.2 Å². The van der Waals surface area contributed by atoms with Gasteiger partial charge in [-0.05, 0) is 54.5 Å². The predicted molar refractivity (Wildman–Crippen MR) is 115 cm³/mol. The maximum atomic E-state index is 5.70. The van der Waals surface area contributed by atoms with Crippen LogP contribution in [0.25, 0.3) is 0 Å². The Morgan fingerprint density at radius 1 is 0.964 bits per heavy atom. The summed E-state index contributed by atoms with van der Waals surface area (Å²) in [5, 5.41) is 7.54. The average Bonchev–Trinajstić information content (AvgIpc) is 2.72. The first-order valence-electron chi connectivity index (χ1n) is 8.74. The van der Waals surface area contributed by atoms with Crippen LogP contribution in [0, 0.1) is 0 Å². The van der Waals surface area contributed by atoms with Gasteiger partial charge < -0.3 is 24.3 Å². The van der Waals surface area contributed by atoms with Crippen LogP contribution in [0.3, 0.4) is 0 Å². The second-order valence-electron chi connectivity index (χ2n) is 5.65. The summed E-state index contributed by atoms with van der Waals surface area (Å²) in [6.07, 6.45) is 2.57. The Labute approximate surface area is 170 Å². The molecule has 0 saturated heterocycles. The number of methoxy groups -OCH3 is 3. The molecule has 2 aromatic rings. The fraction of sp³-hybridized carbons (Fsp3) is 0.300. The molecule has 0 aliphatic heterocycles. The smallest absolute Gasteiger partial charge is 0.191 e. The van der Waals surface area contributed by atoms with Crippen molar-refractivity contribution in [3.8, 4) is 23.0 Å². The molecule has 0 aromatic heterocycles. The summed E-state index contributed by atoms with van der Waals surface area (Å²) >= 11 is 5.26. The van der Waals surface area contributed by atoms with Crippen molar-refractivity contribution < 1.29 is 18.9 Å². The first kappa shape index (κ1) is 21.3. The van der Waals surface area contributed by atoms with Crippen LogP contribution in [0.2, 0.25) is 0 Å². The van der Waals surface area contributed by atoms with Crippen LogP contribution in [0.5, 0.6) is 23.0 Å². The molecule has 150 valence electrons. The van der Waals surface area contributed by atoms with E-state index < -0.39 is 0 Å². The lowest BCUT2D eigenvalue weighted by atomic mass is 10.2. The van der Waals surface area contributed by atoms with Crippen LogP contribution in [-0.4, -0.2) is 39.3 Å². The molecule has 0 bridgehead atoms. The molecule has 0 atom stereocenters. The zero-order valence-electron chi connectivity index (χ0n) is 16.4. The molecule has 0 spiro atoms. The third-order valence-electron chi connectivity index (χ3n) is 3.67. The Balaban J connectivity index is 1.97. The highest BCUT2D eigenvalue weighted by atomic mass is 32.1. The number of hydrogen-bond donors (Lipinski definition) is 2. The lowest BCUT2D eigenvalue weighted by Gasteiger charge is -2.11. The van der Waals surface area contributed by atoms with E-state index in [-0.39, 0.29) is 0 Å². The van der Waals surface area contributed by atoms with Gasteiger partial charge in [-0.2, -0.15) is 5.10 Å². The summed E-state index contributed by atoms with van der Waals surface area (Å²) in [6, 6.07) is 11.0. The van der Waals surface area contributed by atoms with Gasteiger partial charge in [-0.15, -0.1) is 0 Å². The average molecular weight is 404 g/mol. The highest BCUT2D eigenvalue weighted by Crippen LogP contribution is 2.30. The highest BCUT2D eigenvalue weighted by Gasteiger charge is 2.06. The van der Waals surface area contributed by atoms with Crippen molar-refractivity contribution in [2.75, 3.05) is 33.3 Å². The van der Waals surface area contributed by atoms with Gasteiger partial charge >= 0.3 is 0 Å². The van der Waals surface area contributed by atoms with Crippen LogP contribution in [-0.2, 0) is 0 Å². The van der Waals surface area contributed by atoms with E-state index in [1.54, 1.807) is 39.7 Å². The molecule has 2 aromatic carbocycles. The molecule has 0 aliphatic rings. The Kier molecular flexibility index (Phi) is 8.36.